The Morgan fingerprint density at radius 3 is 1.42 bits per heavy atom. The quantitative estimate of drug-likeness (QED) is 0.141. The van der Waals surface area contributed by atoms with Gasteiger partial charge in [0.05, 0.1) is 4.88 Å². The van der Waals surface area contributed by atoms with Gasteiger partial charge >= 0.3 is 41.8 Å². The Labute approximate surface area is 347 Å². The van der Waals surface area contributed by atoms with Crippen LogP contribution in [0.3, 0.4) is 0 Å². The first-order valence-electron chi connectivity index (χ1n) is 17.8. The van der Waals surface area contributed by atoms with Crippen LogP contribution in [0.4, 0.5) is 0 Å². The summed E-state index contributed by atoms with van der Waals surface area (Å²) in [5.74, 6) is -4.25. The van der Waals surface area contributed by atoms with Crippen molar-refractivity contribution >= 4 is 76.8 Å². The molecule has 0 radical (unpaired) electrons. The van der Waals surface area contributed by atoms with Crippen molar-refractivity contribution in [2.24, 2.45) is 5.92 Å². The number of hydrogen-bond acceptors (Lipinski definition) is 21. The molecule has 2 saturated heterocycles. The monoisotopic (exact) mass is 870 g/mol. The average molecular weight is 871 g/mol. The summed E-state index contributed by atoms with van der Waals surface area (Å²) in [4.78, 5) is 93.1. The van der Waals surface area contributed by atoms with Crippen molar-refractivity contribution in [2.75, 3.05) is 13.2 Å². The second-order valence-electron chi connectivity index (χ2n) is 12.8. The predicted octanol–water partition coefficient (Wildman–Crippen LogP) is 3.58. The molecule has 10 atom stereocenters. The number of rotatable bonds is 15. The summed E-state index contributed by atoms with van der Waals surface area (Å²) in [5.41, 5.74) is 0. The maximum Gasteiger partial charge on any atom is 0.303 e. The van der Waals surface area contributed by atoms with Gasteiger partial charge in [0.2, 0.25) is 18.7 Å². The first-order chi connectivity index (χ1) is 27.8. The van der Waals surface area contributed by atoms with E-state index in [1.165, 1.54) is 50.4 Å². The summed E-state index contributed by atoms with van der Waals surface area (Å²) in [6.07, 6.45) is -7.62. The van der Waals surface area contributed by atoms with Crippen molar-refractivity contribution < 1.29 is 90.5 Å². The molecule has 2 aromatic rings. The van der Waals surface area contributed by atoms with Crippen molar-refractivity contribution in [3.05, 3.63) is 39.2 Å². The number of ether oxygens (including phenoxy) is 11. The minimum atomic E-state index is -1.28. The van der Waals surface area contributed by atoms with E-state index in [9.17, 15) is 38.4 Å². The second-order valence-corrected chi connectivity index (χ2v) is 14.7. The highest BCUT2D eigenvalue weighted by molar-refractivity contribution is 7.12. The molecule has 0 bridgehead atoms. The fourth-order valence-corrected chi connectivity index (χ4v) is 7.13. The van der Waals surface area contributed by atoms with E-state index in [2.05, 4.69) is 6.58 Å². The van der Waals surface area contributed by atoms with Gasteiger partial charge in [-0.2, -0.15) is 0 Å². The van der Waals surface area contributed by atoms with Crippen LogP contribution < -0.4 is 9.47 Å². The van der Waals surface area contributed by atoms with Crippen molar-refractivity contribution in [2.45, 2.75) is 111 Å². The van der Waals surface area contributed by atoms with E-state index < -0.39 is 103 Å². The molecule has 21 heteroatoms. The van der Waals surface area contributed by atoms with Gasteiger partial charge in [0, 0.05) is 54.4 Å². The SMILES string of the molecule is C=Cc1sccc1OC1OC(COC(C)=O)C(OC(C)=O)C(OC(C)=O)C1OC(C)=O.CC(=O)OCC1OC(Oc2ccsc2C=O)C(OC(C)=O)C(C)C1OC(C)=O. The van der Waals surface area contributed by atoms with Crippen LogP contribution in [0, 0.1) is 5.92 Å². The first-order valence-corrected chi connectivity index (χ1v) is 19.6. The normalized spacial score (nSPS) is 25.9. The summed E-state index contributed by atoms with van der Waals surface area (Å²) in [6.45, 7) is 13.3. The number of hydrogen-bond donors (Lipinski definition) is 0. The number of thiophene rings is 2. The molecule has 0 aliphatic carbocycles. The Hall–Kier alpha value is -5.38. The highest BCUT2D eigenvalue weighted by atomic mass is 32.1. The molecule has 2 aliphatic heterocycles. The van der Waals surface area contributed by atoms with Gasteiger partial charge in [0.15, 0.2) is 24.6 Å². The van der Waals surface area contributed by atoms with E-state index in [-0.39, 0.29) is 19.0 Å². The third-order valence-corrected chi connectivity index (χ3v) is 9.79. The zero-order valence-corrected chi connectivity index (χ0v) is 35.1. The molecular formula is C38H46O19S2. The Morgan fingerprint density at radius 2 is 0.966 bits per heavy atom. The zero-order valence-electron chi connectivity index (χ0n) is 33.4. The molecule has 19 nitrogen and oxygen atoms in total. The van der Waals surface area contributed by atoms with Crippen molar-refractivity contribution in [3.8, 4) is 11.5 Å². The van der Waals surface area contributed by atoms with Gasteiger partial charge in [0.1, 0.15) is 47.9 Å². The summed E-state index contributed by atoms with van der Waals surface area (Å²) >= 11 is 2.54. The molecule has 10 unspecified atom stereocenters. The highest BCUT2D eigenvalue weighted by Gasteiger charge is 2.54. The lowest BCUT2D eigenvalue weighted by Gasteiger charge is -2.43. The molecule has 2 fully saturated rings. The maximum atomic E-state index is 11.8. The number of aldehydes is 1. The molecular weight excluding hydrogens is 825 g/mol. The molecule has 0 amide bonds. The topological polar surface area (TPSA) is 238 Å². The molecule has 4 rings (SSSR count). The molecule has 0 spiro atoms. The minimum Gasteiger partial charge on any atom is -0.463 e. The predicted molar refractivity (Wildman–Crippen MR) is 203 cm³/mol. The lowest BCUT2D eigenvalue weighted by atomic mass is 9.90. The van der Waals surface area contributed by atoms with E-state index >= 15 is 0 Å². The van der Waals surface area contributed by atoms with E-state index in [1.54, 1.807) is 35.9 Å². The van der Waals surface area contributed by atoms with E-state index in [1.807, 2.05) is 0 Å². The number of esters is 7. The van der Waals surface area contributed by atoms with Gasteiger partial charge in [-0.25, -0.2) is 0 Å². The van der Waals surface area contributed by atoms with Crippen LogP contribution in [0.1, 0.15) is 69.9 Å². The smallest absolute Gasteiger partial charge is 0.303 e. The molecule has 59 heavy (non-hydrogen) atoms. The van der Waals surface area contributed by atoms with Gasteiger partial charge in [-0.3, -0.25) is 38.4 Å². The van der Waals surface area contributed by atoms with Gasteiger partial charge in [-0.15, -0.1) is 22.7 Å². The lowest BCUT2D eigenvalue weighted by molar-refractivity contribution is -0.288. The first kappa shape index (κ1) is 48.0. The molecule has 0 saturated carbocycles. The van der Waals surface area contributed by atoms with Crippen molar-refractivity contribution in [1.29, 1.82) is 0 Å². The Bertz CT molecular complexity index is 1820. The molecule has 2 aromatic heterocycles. The average Bonchev–Trinajstić information content (AvgIpc) is 3.80. The standard InChI is InChI=1S/C20H24O10S.C18H22O9S/c1-6-16-14(7-8-31-16)29-20-19(28-13(5)24)18(27-12(4)23)17(26-11(3)22)15(30-20)9-25-10(2)21;1-9-16(24-11(3)21)14(8-23-10(2)20)27-18(17(9)25-12(4)22)26-13-5-6-28-15(13)7-19/h6-8,15,17-20H,1,9H2,2-5H3;5-7,9,14,16-18H,8H2,1-4H3. The molecule has 324 valence electrons. The van der Waals surface area contributed by atoms with Gasteiger partial charge in [0.25, 0.3) is 0 Å². The van der Waals surface area contributed by atoms with Crippen LogP contribution in [0.5, 0.6) is 11.5 Å². The molecule has 4 heterocycles. The largest absolute Gasteiger partial charge is 0.463 e. The van der Waals surface area contributed by atoms with Crippen LogP contribution in [0.2, 0.25) is 0 Å². The fourth-order valence-electron chi connectivity index (χ4n) is 5.84. The highest BCUT2D eigenvalue weighted by Crippen LogP contribution is 2.36. The molecule has 2 aliphatic rings. The van der Waals surface area contributed by atoms with Crippen LogP contribution >= 0.6 is 22.7 Å². The van der Waals surface area contributed by atoms with Crippen LogP contribution in [-0.4, -0.2) is 117 Å². The second kappa shape index (κ2) is 22.7. The van der Waals surface area contributed by atoms with E-state index in [4.69, 9.17) is 52.1 Å². The van der Waals surface area contributed by atoms with Crippen LogP contribution in [0.15, 0.2) is 29.5 Å². The Balaban J connectivity index is 0.000000317. The Kier molecular flexibility index (Phi) is 18.5. The van der Waals surface area contributed by atoms with Crippen LogP contribution in [0.25, 0.3) is 6.08 Å². The van der Waals surface area contributed by atoms with Gasteiger partial charge < -0.3 is 52.1 Å². The van der Waals surface area contributed by atoms with Crippen molar-refractivity contribution in [3.63, 3.8) is 0 Å². The maximum absolute atomic E-state index is 11.8. The molecule has 0 aromatic carbocycles. The fraction of sp³-hybridized carbons (Fsp3) is 0.526. The lowest BCUT2D eigenvalue weighted by Crippen LogP contribution is -2.63. The van der Waals surface area contributed by atoms with E-state index in [0.717, 1.165) is 20.8 Å². The molecule has 0 N–H and O–H groups in total. The summed E-state index contributed by atoms with van der Waals surface area (Å²) in [6, 6.07) is 3.25. The third-order valence-electron chi connectivity index (χ3n) is 8.08. The van der Waals surface area contributed by atoms with Gasteiger partial charge in [-0.1, -0.05) is 13.5 Å². The van der Waals surface area contributed by atoms with E-state index in [0.29, 0.717) is 21.8 Å². The van der Waals surface area contributed by atoms with Crippen LogP contribution in [-0.2, 0) is 76.2 Å². The van der Waals surface area contributed by atoms with Gasteiger partial charge in [-0.05, 0) is 29.0 Å². The minimum absolute atomic E-state index is 0.186. The summed E-state index contributed by atoms with van der Waals surface area (Å²) in [5, 5.41) is 3.43. The zero-order chi connectivity index (χ0) is 44.0. The third kappa shape index (κ3) is 14.4. The summed E-state index contributed by atoms with van der Waals surface area (Å²) in [7, 11) is 0. The number of carbonyl (C=O) groups excluding carboxylic acids is 8. The summed E-state index contributed by atoms with van der Waals surface area (Å²) < 4.78 is 60.1. The van der Waals surface area contributed by atoms with Crippen molar-refractivity contribution in [1.82, 2.24) is 0 Å². The Morgan fingerprint density at radius 1 is 0.576 bits per heavy atom. The number of carbonyl (C=O) groups is 8.